The van der Waals surface area contributed by atoms with Gasteiger partial charge in [-0.15, -0.1) is 13.2 Å². The molecule has 0 N–H and O–H groups in total. The van der Waals surface area contributed by atoms with E-state index in [9.17, 15) is 18.0 Å². The Bertz CT molecular complexity index is 511. The number of hydrogen-bond acceptors (Lipinski definition) is 4. The monoisotopic (exact) mass is 258 g/mol. The molecule has 0 bridgehead atoms. The van der Waals surface area contributed by atoms with Gasteiger partial charge in [0.25, 0.3) is 0 Å². The Morgan fingerprint density at radius 2 is 2.22 bits per heavy atom. The summed E-state index contributed by atoms with van der Waals surface area (Å²) in [6, 6.07) is 3.08. The second-order valence-corrected chi connectivity index (χ2v) is 3.57. The number of anilines is 1. The average Bonchev–Trinajstić information content (AvgIpc) is 2.35. The van der Waals surface area contributed by atoms with E-state index in [1.54, 1.807) is 6.07 Å². The van der Waals surface area contributed by atoms with E-state index in [-0.39, 0.29) is 17.1 Å². The van der Waals surface area contributed by atoms with Crippen LogP contribution in [-0.2, 0) is 16.0 Å². The summed E-state index contributed by atoms with van der Waals surface area (Å²) in [4.78, 5) is 15.0. The molecule has 1 aliphatic heterocycles. The minimum absolute atomic E-state index is 0.0579. The van der Waals surface area contributed by atoms with Gasteiger partial charge in [0, 0.05) is 6.20 Å². The molecule has 2 heterocycles. The Kier molecular flexibility index (Phi) is 2.98. The Labute approximate surface area is 101 Å². The van der Waals surface area contributed by atoms with Crippen LogP contribution < -0.4 is 4.90 Å². The molecule has 2 rings (SSSR count). The highest BCUT2D eigenvalue weighted by molar-refractivity contribution is 5.93. The van der Waals surface area contributed by atoms with Crippen LogP contribution in [-0.4, -0.2) is 24.4 Å². The normalized spacial score (nSPS) is 14.9. The van der Waals surface area contributed by atoms with Gasteiger partial charge in [-0.25, -0.2) is 14.7 Å². The highest BCUT2D eigenvalue weighted by Gasteiger charge is 2.45. The molecule has 0 aliphatic carbocycles. The van der Waals surface area contributed by atoms with Crippen molar-refractivity contribution in [3.63, 3.8) is 0 Å². The van der Waals surface area contributed by atoms with Crippen LogP contribution >= 0.6 is 0 Å². The molecular formula is C11H9F3N2O2. The van der Waals surface area contributed by atoms with E-state index >= 15 is 0 Å². The van der Waals surface area contributed by atoms with Gasteiger partial charge in [-0.2, -0.15) is 0 Å². The first kappa shape index (κ1) is 12.4. The smallest absolute Gasteiger partial charge is 0.464 e. The van der Waals surface area contributed by atoms with Crippen LogP contribution in [0.5, 0.6) is 0 Å². The average molecular weight is 258 g/mol. The van der Waals surface area contributed by atoms with Crippen molar-refractivity contribution in [2.75, 3.05) is 12.0 Å². The fourth-order valence-corrected chi connectivity index (χ4v) is 1.74. The molecule has 0 aromatic carbocycles. The van der Waals surface area contributed by atoms with Crippen molar-refractivity contribution < 1.29 is 22.7 Å². The second-order valence-electron chi connectivity index (χ2n) is 3.57. The number of rotatable bonds is 1. The minimum atomic E-state index is -4.73. The lowest BCUT2D eigenvalue weighted by atomic mass is 10.1. The number of carbonyl (C=O) groups is 1. The predicted octanol–water partition coefficient (Wildman–Crippen LogP) is 2.02. The molecule has 0 atom stereocenters. The molecule has 18 heavy (non-hydrogen) atoms. The molecule has 0 saturated carbocycles. The van der Waals surface area contributed by atoms with Crippen LogP contribution in [0.1, 0.15) is 5.56 Å². The van der Waals surface area contributed by atoms with E-state index in [2.05, 4.69) is 9.72 Å². The number of nitrogens with zero attached hydrogens (tertiary/aromatic N) is 2. The molecule has 1 aliphatic rings. The number of methoxy groups -OCH3 is 1. The van der Waals surface area contributed by atoms with E-state index in [0.717, 1.165) is 7.11 Å². The standard InChI is InChI=1S/C11H9F3N2O2/c1-18-10(17)8-5-4-7-3-2-6-15-9(7)16(8)11(12,13)14/h2-3,5-6H,4H2,1H3. The van der Waals surface area contributed by atoms with Crippen molar-refractivity contribution in [2.24, 2.45) is 0 Å². The van der Waals surface area contributed by atoms with Gasteiger partial charge in [0.05, 0.1) is 7.11 Å². The molecule has 1 aromatic heterocycles. The first-order valence-electron chi connectivity index (χ1n) is 5.04. The summed E-state index contributed by atoms with van der Waals surface area (Å²) >= 11 is 0. The van der Waals surface area contributed by atoms with E-state index < -0.39 is 18.0 Å². The van der Waals surface area contributed by atoms with Gasteiger partial charge < -0.3 is 4.74 Å². The van der Waals surface area contributed by atoms with Crippen molar-refractivity contribution >= 4 is 11.8 Å². The molecule has 0 radical (unpaired) electrons. The largest absolute Gasteiger partial charge is 0.490 e. The lowest BCUT2D eigenvalue weighted by Gasteiger charge is -2.30. The number of hydrogen-bond donors (Lipinski definition) is 0. The summed E-state index contributed by atoms with van der Waals surface area (Å²) in [7, 11) is 1.03. The molecule has 96 valence electrons. The van der Waals surface area contributed by atoms with Crippen LogP contribution in [0, 0.1) is 0 Å². The summed E-state index contributed by atoms with van der Waals surface area (Å²) in [5.74, 6) is -1.32. The lowest BCUT2D eigenvalue weighted by molar-refractivity contribution is -0.144. The number of ether oxygens (including phenoxy) is 1. The maximum atomic E-state index is 13.0. The fourth-order valence-electron chi connectivity index (χ4n) is 1.74. The first-order valence-corrected chi connectivity index (χ1v) is 5.04. The number of esters is 1. The quantitative estimate of drug-likeness (QED) is 0.571. The molecule has 1 aromatic rings. The zero-order valence-corrected chi connectivity index (χ0v) is 9.36. The highest BCUT2D eigenvalue weighted by atomic mass is 19.4. The Morgan fingerprint density at radius 3 is 2.83 bits per heavy atom. The van der Waals surface area contributed by atoms with E-state index in [0.29, 0.717) is 5.56 Å². The Balaban J connectivity index is 2.53. The SMILES string of the molecule is COC(=O)C1=CCc2cccnc2N1C(F)(F)F. The molecule has 4 nitrogen and oxygen atoms in total. The second kappa shape index (κ2) is 4.32. The number of carbonyl (C=O) groups excluding carboxylic acids is 1. The van der Waals surface area contributed by atoms with Gasteiger partial charge in [-0.3, -0.25) is 0 Å². The zero-order valence-electron chi connectivity index (χ0n) is 9.36. The van der Waals surface area contributed by atoms with Crippen LogP contribution in [0.15, 0.2) is 30.1 Å². The summed E-state index contributed by atoms with van der Waals surface area (Å²) in [5, 5.41) is 0. The van der Waals surface area contributed by atoms with Crippen molar-refractivity contribution in [3.05, 3.63) is 35.7 Å². The lowest BCUT2D eigenvalue weighted by Crippen LogP contribution is -2.42. The van der Waals surface area contributed by atoms with Gasteiger partial charge in [0.2, 0.25) is 0 Å². The molecule has 0 spiro atoms. The predicted molar refractivity (Wildman–Crippen MR) is 56.6 cm³/mol. The fraction of sp³-hybridized carbons (Fsp3) is 0.273. The van der Waals surface area contributed by atoms with Gasteiger partial charge in [0.1, 0.15) is 11.5 Å². The van der Waals surface area contributed by atoms with Gasteiger partial charge in [0.15, 0.2) is 0 Å². The number of allylic oxidation sites excluding steroid dienone is 1. The van der Waals surface area contributed by atoms with Gasteiger partial charge in [-0.1, -0.05) is 6.07 Å². The Morgan fingerprint density at radius 1 is 1.50 bits per heavy atom. The first-order chi connectivity index (χ1) is 8.45. The van der Waals surface area contributed by atoms with Crippen LogP contribution in [0.2, 0.25) is 0 Å². The highest BCUT2D eigenvalue weighted by Crippen LogP contribution is 2.36. The molecular weight excluding hydrogens is 249 g/mol. The van der Waals surface area contributed by atoms with Crippen molar-refractivity contribution in [3.8, 4) is 0 Å². The summed E-state index contributed by atoms with van der Waals surface area (Å²) < 4.78 is 43.4. The molecule has 7 heteroatoms. The van der Waals surface area contributed by atoms with E-state index in [4.69, 9.17) is 0 Å². The third-order valence-electron chi connectivity index (χ3n) is 2.48. The molecule has 0 saturated heterocycles. The number of halogens is 3. The molecule has 0 amide bonds. The topological polar surface area (TPSA) is 42.4 Å². The van der Waals surface area contributed by atoms with Gasteiger partial charge in [-0.05, 0) is 24.1 Å². The van der Waals surface area contributed by atoms with Crippen LogP contribution in [0.3, 0.4) is 0 Å². The van der Waals surface area contributed by atoms with Crippen molar-refractivity contribution in [1.82, 2.24) is 4.98 Å². The summed E-state index contributed by atoms with van der Waals surface area (Å²) in [5.41, 5.74) is -0.154. The van der Waals surface area contributed by atoms with Gasteiger partial charge >= 0.3 is 12.3 Å². The third kappa shape index (κ3) is 2.03. The van der Waals surface area contributed by atoms with Crippen molar-refractivity contribution in [2.45, 2.75) is 12.7 Å². The summed E-state index contributed by atoms with van der Waals surface area (Å²) in [6.07, 6.45) is -2.09. The number of alkyl halides is 3. The maximum absolute atomic E-state index is 13.0. The van der Waals surface area contributed by atoms with Crippen LogP contribution in [0.4, 0.5) is 19.0 Å². The minimum Gasteiger partial charge on any atom is -0.464 e. The van der Waals surface area contributed by atoms with E-state index in [1.165, 1.54) is 18.3 Å². The number of fused-ring (bicyclic) bond motifs is 1. The zero-order chi connectivity index (χ0) is 13.3. The summed E-state index contributed by atoms with van der Waals surface area (Å²) in [6.45, 7) is 0. The number of pyridine rings is 1. The maximum Gasteiger partial charge on any atom is 0.490 e. The van der Waals surface area contributed by atoms with Crippen molar-refractivity contribution in [1.29, 1.82) is 0 Å². The Hall–Kier alpha value is -2.05. The molecule has 0 fully saturated rings. The van der Waals surface area contributed by atoms with Crippen LogP contribution in [0.25, 0.3) is 0 Å². The molecule has 0 unspecified atom stereocenters. The number of aromatic nitrogens is 1. The van der Waals surface area contributed by atoms with E-state index in [1.807, 2.05) is 0 Å². The third-order valence-corrected chi connectivity index (χ3v) is 2.48.